The SMILES string of the molecule is COC(=O)C1(CSc2cnns2)CS[C@@H]2C(N)C(=O)N2C1. The summed E-state index contributed by atoms with van der Waals surface area (Å²) in [6, 6.07) is -0.441. The second-order valence-corrected chi connectivity index (χ2v) is 8.16. The fraction of sp³-hybridized carbons (Fsp3) is 0.636. The number of hydrogen-bond donors (Lipinski definition) is 1. The highest BCUT2D eigenvalue weighted by atomic mass is 32.2. The summed E-state index contributed by atoms with van der Waals surface area (Å²) in [5, 5.41) is 3.77. The number of hydrogen-bond acceptors (Lipinski definition) is 9. The van der Waals surface area contributed by atoms with Gasteiger partial charge in [0.15, 0.2) is 0 Å². The van der Waals surface area contributed by atoms with Crippen molar-refractivity contribution in [3.63, 3.8) is 0 Å². The largest absolute Gasteiger partial charge is 0.468 e. The summed E-state index contributed by atoms with van der Waals surface area (Å²) in [6.45, 7) is 0.364. The molecule has 7 nitrogen and oxygen atoms in total. The zero-order chi connectivity index (χ0) is 15.0. The Bertz CT molecular complexity index is 555. The van der Waals surface area contributed by atoms with E-state index in [1.807, 2.05) is 0 Å². The molecular formula is C11H14N4O3S3. The van der Waals surface area contributed by atoms with E-state index < -0.39 is 11.5 Å². The standard InChI is InChI=1S/C11H14N4O3S3/c1-18-10(17)11(4-19-6-2-13-14-21-6)3-15-8(16)7(12)9(15)20-5-11/h2,7,9H,3-5,12H2,1H3/t7?,9-,11?/m1/s1. The molecule has 0 aromatic carbocycles. The Labute approximate surface area is 134 Å². The highest BCUT2D eigenvalue weighted by molar-refractivity contribution is 8.01. The minimum atomic E-state index is -0.708. The smallest absolute Gasteiger partial charge is 0.315 e. The van der Waals surface area contributed by atoms with Crippen LogP contribution >= 0.6 is 35.1 Å². The fourth-order valence-electron chi connectivity index (χ4n) is 2.45. The molecule has 10 heteroatoms. The number of β-lactam (4-membered cyclic amide) rings is 1. The van der Waals surface area contributed by atoms with Gasteiger partial charge in [-0.1, -0.05) is 4.49 Å². The van der Waals surface area contributed by atoms with Crippen molar-refractivity contribution in [3.05, 3.63) is 6.20 Å². The number of nitrogens with two attached hydrogens (primary N) is 1. The van der Waals surface area contributed by atoms with Gasteiger partial charge < -0.3 is 15.4 Å². The molecule has 2 saturated heterocycles. The predicted molar refractivity (Wildman–Crippen MR) is 81.0 cm³/mol. The lowest BCUT2D eigenvalue weighted by Gasteiger charge is -2.53. The van der Waals surface area contributed by atoms with Crippen molar-refractivity contribution >= 4 is 46.9 Å². The van der Waals surface area contributed by atoms with Gasteiger partial charge in [-0.2, -0.15) is 0 Å². The highest BCUT2D eigenvalue weighted by Crippen LogP contribution is 2.44. The third kappa shape index (κ3) is 2.54. The van der Waals surface area contributed by atoms with Crippen molar-refractivity contribution in [2.45, 2.75) is 15.6 Å². The maximum Gasteiger partial charge on any atom is 0.315 e. The first kappa shape index (κ1) is 15.1. The Balaban J connectivity index is 1.75. The van der Waals surface area contributed by atoms with Crippen molar-refractivity contribution in [1.29, 1.82) is 0 Å². The molecule has 2 aliphatic heterocycles. The second kappa shape index (κ2) is 5.75. The number of aromatic nitrogens is 2. The van der Waals surface area contributed by atoms with Crippen LogP contribution < -0.4 is 5.73 Å². The van der Waals surface area contributed by atoms with Crippen LogP contribution in [-0.2, 0) is 14.3 Å². The molecule has 2 N–H and O–H groups in total. The monoisotopic (exact) mass is 346 g/mol. The zero-order valence-corrected chi connectivity index (χ0v) is 13.7. The van der Waals surface area contributed by atoms with E-state index in [0.717, 1.165) is 4.21 Å². The number of fused-ring (bicyclic) bond motifs is 1. The average Bonchev–Trinajstić information content (AvgIpc) is 3.04. The number of esters is 1. The Morgan fingerprint density at radius 2 is 2.52 bits per heavy atom. The lowest BCUT2D eigenvalue weighted by molar-refractivity contribution is -0.157. The van der Waals surface area contributed by atoms with E-state index in [-0.39, 0.29) is 17.3 Å². The first-order valence-corrected chi connectivity index (χ1v) is 9.04. The van der Waals surface area contributed by atoms with E-state index in [1.54, 1.807) is 22.9 Å². The van der Waals surface area contributed by atoms with Crippen molar-refractivity contribution in [3.8, 4) is 0 Å². The van der Waals surface area contributed by atoms with Gasteiger partial charge in [-0.3, -0.25) is 9.59 Å². The van der Waals surface area contributed by atoms with Gasteiger partial charge in [-0.25, -0.2) is 0 Å². The number of rotatable bonds is 4. The Morgan fingerprint density at radius 3 is 3.19 bits per heavy atom. The fourth-order valence-corrected chi connectivity index (χ4v) is 5.67. The lowest BCUT2D eigenvalue weighted by atomic mass is 9.89. The molecule has 3 heterocycles. The molecule has 0 radical (unpaired) electrons. The van der Waals surface area contributed by atoms with Crippen LogP contribution in [0, 0.1) is 5.41 Å². The molecule has 2 aliphatic rings. The number of methoxy groups -OCH3 is 1. The van der Waals surface area contributed by atoms with Crippen molar-refractivity contribution < 1.29 is 14.3 Å². The molecule has 0 spiro atoms. The quantitative estimate of drug-likeness (QED) is 0.463. The number of ether oxygens (including phenoxy) is 1. The molecule has 2 unspecified atom stereocenters. The summed E-state index contributed by atoms with van der Waals surface area (Å²) in [4.78, 5) is 25.8. The van der Waals surface area contributed by atoms with E-state index in [9.17, 15) is 9.59 Å². The third-order valence-corrected chi connectivity index (χ3v) is 7.37. The highest BCUT2D eigenvalue weighted by Gasteiger charge is 2.56. The van der Waals surface area contributed by atoms with E-state index in [4.69, 9.17) is 10.5 Å². The van der Waals surface area contributed by atoms with Crippen LogP contribution in [0.1, 0.15) is 0 Å². The molecule has 3 atom stereocenters. The number of amides is 1. The topological polar surface area (TPSA) is 98.4 Å². The molecule has 2 fully saturated rings. The summed E-state index contributed by atoms with van der Waals surface area (Å²) in [5.74, 6) is 0.750. The molecule has 1 aromatic heterocycles. The molecule has 0 bridgehead atoms. The van der Waals surface area contributed by atoms with Gasteiger partial charge in [0.05, 0.1) is 13.3 Å². The van der Waals surface area contributed by atoms with Gasteiger partial charge in [0.1, 0.15) is 21.0 Å². The van der Waals surface area contributed by atoms with Gasteiger partial charge in [0.25, 0.3) is 0 Å². The average molecular weight is 346 g/mol. The molecule has 114 valence electrons. The first-order valence-electron chi connectivity index (χ1n) is 6.24. The summed E-state index contributed by atoms with van der Waals surface area (Å²) in [7, 11) is 1.38. The third-order valence-electron chi connectivity index (χ3n) is 3.64. The van der Waals surface area contributed by atoms with E-state index >= 15 is 0 Å². The number of carbonyl (C=O) groups is 2. The number of nitrogens with zero attached hydrogens (tertiary/aromatic N) is 3. The molecular weight excluding hydrogens is 332 g/mol. The van der Waals surface area contributed by atoms with Crippen LogP contribution in [0.5, 0.6) is 0 Å². The number of carbonyl (C=O) groups excluding carboxylic acids is 2. The van der Waals surface area contributed by atoms with Gasteiger partial charge in [-0.15, -0.1) is 28.6 Å². The number of thioether (sulfide) groups is 2. The predicted octanol–water partition coefficient (Wildman–Crippen LogP) is 0.0320. The maximum atomic E-state index is 12.3. The molecule has 0 saturated carbocycles. The molecule has 3 rings (SSSR count). The van der Waals surface area contributed by atoms with Crippen molar-refractivity contribution in [2.24, 2.45) is 11.1 Å². The van der Waals surface area contributed by atoms with Crippen LogP contribution in [0.25, 0.3) is 0 Å². The molecule has 1 amide bonds. The minimum Gasteiger partial charge on any atom is -0.468 e. The van der Waals surface area contributed by atoms with Crippen LogP contribution in [0.3, 0.4) is 0 Å². The molecule has 0 aliphatic carbocycles. The van der Waals surface area contributed by atoms with Gasteiger partial charge in [0.2, 0.25) is 5.91 Å². The normalized spacial score (nSPS) is 31.5. The minimum absolute atomic E-state index is 0.00893. The van der Waals surface area contributed by atoms with Crippen LogP contribution in [-0.4, -0.2) is 62.9 Å². The van der Waals surface area contributed by atoms with Crippen LogP contribution in [0.2, 0.25) is 0 Å². The molecule has 21 heavy (non-hydrogen) atoms. The Kier molecular flexibility index (Phi) is 4.12. The van der Waals surface area contributed by atoms with Crippen molar-refractivity contribution in [2.75, 3.05) is 25.2 Å². The van der Waals surface area contributed by atoms with E-state index in [1.165, 1.54) is 30.4 Å². The Morgan fingerprint density at radius 1 is 1.71 bits per heavy atom. The summed E-state index contributed by atoms with van der Waals surface area (Å²) < 4.78 is 9.71. The molecule has 1 aromatic rings. The Hall–Kier alpha value is -0.840. The second-order valence-electron chi connectivity index (χ2n) is 4.99. The summed E-state index contributed by atoms with van der Waals surface area (Å²) >= 11 is 4.35. The van der Waals surface area contributed by atoms with E-state index in [2.05, 4.69) is 9.59 Å². The van der Waals surface area contributed by atoms with Crippen molar-refractivity contribution in [1.82, 2.24) is 14.5 Å². The van der Waals surface area contributed by atoms with Gasteiger partial charge in [0, 0.05) is 18.1 Å². The van der Waals surface area contributed by atoms with Gasteiger partial charge in [-0.05, 0) is 11.5 Å². The van der Waals surface area contributed by atoms with Gasteiger partial charge >= 0.3 is 5.97 Å². The maximum absolute atomic E-state index is 12.3. The van der Waals surface area contributed by atoms with Crippen LogP contribution in [0.4, 0.5) is 0 Å². The van der Waals surface area contributed by atoms with Crippen LogP contribution in [0.15, 0.2) is 10.4 Å². The zero-order valence-electron chi connectivity index (χ0n) is 11.2. The first-order chi connectivity index (χ1) is 10.1. The summed E-state index contributed by atoms with van der Waals surface area (Å²) in [6.07, 6.45) is 1.67. The van der Waals surface area contributed by atoms with E-state index in [0.29, 0.717) is 18.1 Å². The summed E-state index contributed by atoms with van der Waals surface area (Å²) in [5.41, 5.74) is 5.07. The lowest BCUT2D eigenvalue weighted by Crippen LogP contribution is -2.72.